The van der Waals surface area contributed by atoms with Gasteiger partial charge in [-0.05, 0) is 44.0 Å². The van der Waals surface area contributed by atoms with Gasteiger partial charge in [-0.3, -0.25) is 9.10 Å². The minimum atomic E-state index is -4.17. The Morgan fingerprint density at radius 3 is 2.30 bits per heavy atom. The van der Waals surface area contributed by atoms with Crippen LogP contribution in [0.1, 0.15) is 18.4 Å². The Morgan fingerprint density at radius 2 is 1.67 bits per heavy atom. The zero-order chi connectivity index (χ0) is 23.8. The summed E-state index contributed by atoms with van der Waals surface area (Å²) in [6.45, 7) is 1.65. The molecule has 1 atom stereocenters. The molecule has 1 aliphatic heterocycles. The highest BCUT2D eigenvalue weighted by Crippen LogP contribution is 2.38. The summed E-state index contributed by atoms with van der Waals surface area (Å²) in [6.07, 6.45) is 1.26. The Labute approximate surface area is 191 Å². The third kappa shape index (κ3) is 4.23. The average Bonchev–Trinajstić information content (AvgIpc) is 3.27. The fourth-order valence-electron chi connectivity index (χ4n) is 4.31. The third-order valence-corrected chi connectivity index (χ3v) is 7.66. The van der Waals surface area contributed by atoms with Gasteiger partial charge in [0.05, 0.1) is 10.6 Å². The summed E-state index contributed by atoms with van der Waals surface area (Å²) >= 11 is 0. The summed E-state index contributed by atoms with van der Waals surface area (Å²) in [5.74, 6) is -2.19. The predicted octanol–water partition coefficient (Wildman–Crippen LogP) is 3.48. The van der Waals surface area contributed by atoms with Crippen LogP contribution in [0.5, 0.6) is 0 Å². The van der Waals surface area contributed by atoms with Crippen molar-refractivity contribution in [3.8, 4) is 0 Å². The molecule has 0 spiro atoms. The molecule has 0 aromatic heterocycles. The number of hydrogen-bond acceptors (Lipinski definition) is 5. The van der Waals surface area contributed by atoms with E-state index in [-0.39, 0.29) is 10.6 Å². The van der Waals surface area contributed by atoms with E-state index in [4.69, 9.17) is 0 Å². The van der Waals surface area contributed by atoms with E-state index in [2.05, 4.69) is 0 Å². The standard InChI is InChI=1S/C24H24N2O6S/c1-16-8-10-17(11-9-16)33(31,32)26(15-23(27)28)21-13-12-20(18-5-2-3-6-19(18)21)25-14-4-7-22(25)24(29)30/h2-3,5-6,8-13,22H,4,7,14-15H2,1H3,(H,27,28)(H,29,30)/t22-/m0/s1. The summed E-state index contributed by atoms with van der Waals surface area (Å²) in [4.78, 5) is 25.2. The van der Waals surface area contributed by atoms with Gasteiger partial charge in [-0.25, -0.2) is 13.2 Å². The van der Waals surface area contributed by atoms with Crippen LogP contribution in [0.25, 0.3) is 10.8 Å². The highest BCUT2D eigenvalue weighted by molar-refractivity contribution is 7.92. The molecular weight excluding hydrogens is 444 g/mol. The van der Waals surface area contributed by atoms with Crippen LogP contribution >= 0.6 is 0 Å². The van der Waals surface area contributed by atoms with Crippen molar-refractivity contribution in [1.29, 1.82) is 0 Å². The summed E-state index contributed by atoms with van der Waals surface area (Å²) in [5.41, 5.74) is 1.79. The molecule has 172 valence electrons. The molecule has 1 saturated heterocycles. The Kier molecular flexibility index (Phi) is 5.99. The second-order valence-electron chi connectivity index (χ2n) is 8.06. The van der Waals surface area contributed by atoms with Crippen LogP contribution in [0.15, 0.2) is 65.6 Å². The number of anilines is 2. The minimum Gasteiger partial charge on any atom is -0.480 e. The van der Waals surface area contributed by atoms with E-state index >= 15 is 0 Å². The van der Waals surface area contributed by atoms with E-state index in [1.54, 1.807) is 48.5 Å². The molecule has 0 bridgehead atoms. The Balaban J connectivity index is 1.89. The predicted molar refractivity (Wildman–Crippen MR) is 125 cm³/mol. The second kappa shape index (κ2) is 8.74. The van der Waals surface area contributed by atoms with Crippen LogP contribution < -0.4 is 9.21 Å². The summed E-state index contributed by atoms with van der Waals surface area (Å²) < 4.78 is 27.9. The Morgan fingerprint density at radius 1 is 1.00 bits per heavy atom. The van der Waals surface area contributed by atoms with Crippen molar-refractivity contribution >= 4 is 44.1 Å². The molecule has 1 aliphatic rings. The van der Waals surface area contributed by atoms with Crippen LogP contribution in [-0.2, 0) is 19.6 Å². The first-order valence-electron chi connectivity index (χ1n) is 10.5. The van der Waals surface area contributed by atoms with Crippen molar-refractivity contribution in [3.63, 3.8) is 0 Å². The van der Waals surface area contributed by atoms with Crippen LogP contribution in [0.2, 0.25) is 0 Å². The lowest BCUT2D eigenvalue weighted by Gasteiger charge is -2.28. The number of carboxylic acid groups (broad SMARTS) is 2. The lowest BCUT2D eigenvalue weighted by Crippen LogP contribution is -2.37. The van der Waals surface area contributed by atoms with Crippen LogP contribution in [-0.4, -0.2) is 49.7 Å². The molecule has 3 aromatic carbocycles. The number of hydrogen-bond donors (Lipinski definition) is 2. The minimum absolute atomic E-state index is 0.00649. The van der Waals surface area contributed by atoms with Crippen molar-refractivity contribution in [2.24, 2.45) is 0 Å². The van der Waals surface area contributed by atoms with Gasteiger partial charge < -0.3 is 15.1 Å². The number of fused-ring (bicyclic) bond motifs is 1. The lowest BCUT2D eigenvalue weighted by molar-refractivity contribution is -0.138. The molecule has 0 amide bonds. The van der Waals surface area contributed by atoms with E-state index in [1.165, 1.54) is 12.1 Å². The number of aliphatic carboxylic acids is 2. The van der Waals surface area contributed by atoms with Crippen molar-refractivity contribution in [1.82, 2.24) is 0 Å². The largest absolute Gasteiger partial charge is 0.480 e. The molecule has 4 rings (SSSR count). The Bertz CT molecular complexity index is 1320. The second-order valence-corrected chi connectivity index (χ2v) is 9.92. The molecular formula is C24H24N2O6S. The van der Waals surface area contributed by atoms with E-state index in [1.807, 2.05) is 11.8 Å². The van der Waals surface area contributed by atoms with Gasteiger partial charge in [0.25, 0.3) is 10.0 Å². The lowest BCUT2D eigenvalue weighted by atomic mass is 10.0. The molecule has 8 nitrogen and oxygen atoms in total. The number of rotatable bonds is 7. The van der Waals surface area contributed by atoms with E-state index in [0.29, 0.717) is 29.4 Å². The molecule has 1 fully saturated rings. The zero-order valence-electron chi connectivity index (χ0n) is 18.0. The molecule has 0 saturated carbocycles. The topological polar surface area (TPSA) is 115 Å². The maximum atomic E-state index is 13.5. The number of sulfonamides is 1. The van der Waals surface area contributed by atoms with Gasteiger partial charge in [0.1, 0.15) is 12.6 Å². The monoisotopic (exact) mass is 468 g/mol. The van der Waals surface area contributed by atoms with Crippen molar-refractivity contribution in [3.05, 3.63) is 66.2 Å². The van der Waals surface area contributed by atoms with Gasteiger partial charge in [0.15, 0.2) is 0 Å². The highest BCUT2D eigenvalue weighted by atomic mass is 32.2. The smallest absolute Gasteiger partial charge is 0.326 e. The van der Waals surface area contributed by atoms with Crippen molar-refractivity contribution in [2.45, 2.75) is 30.7 Å². The fourth-order valence-corrected chi connectivity index (χ4v) is 5.74. The molecule has 0 radical (unpaired) electrons. The third-order valence-electron chi connectivity index (χ3n) is 5.88. The highest BCUT2D eigenvalue weighted by Gasteiger charge is 2.33. The van der Waals surface area contributed by atoms with E-state index < -0.39 is 34.5 Å². The summed E-state index contributed by atoms with van der Waals surface area (Å²) in [6, 6.07) is 15.9. The van der Waals surface area contributed by atoms with Gasteiger partial charge in [-0.15, -0.1) is 0 Å². The fraction of sp³-hybridized carbons (Fsp3) is 0.250. The average molecular weight is 469 g/mol. The van der Waals surface area contributed by atoms with Gasteiger partial charge >= 0.3 is 11.9 Å². The van der Waals surface area contributed by atoms with E-state index in [0.717, 1.165) is 16.3 Å². The van der Waals surface area contributed by atoms with Crippen LogP contribution in [0, 0.1) is 6.92 Å². The maximum Gasteiger partial charge on any atom is 0.326 e. The number of carboxylic acids is 2. The first-order chi connectivity index (χ1) is 15.7. The Hall–Kier alpha value is -3.59. The van der Waals surface area contributed by atoms with Crippen LogP contribution in [0.4, 0.5) is 11.4 Å². The number of nitrogens with zero attached hydrogens (tertiary/aromatic N) is 2. The zero-order valence-corrected chi connectivity index (χ0v) is 18.8. The first kappa shape index (κ1) is 22.6. The van der Waals surface area contributed by atoms with Gasteiger partial charge in [0.2, 0.25) is 0 Å². The van der Waals surface area contributed by atoms with E-state index in [9.17, 15) is 28.2 Å². The summed E-state index contributed by atoms with van der Waals surface area (Å²) in [7, 11) is -4.17. The molecule has 3 aromatic rings. The number of aryl methyl sites for hydroxylation is 1. The van der Waals surface area contributed by atoms with Crippen molar-refractivity contribution in [2.75, 3.05) is 22.3 Å². The van der Waals surface area contributed by atoms with Crippen LogP contribution in [0.3, 0.4) is 0 Å². The molecule has 1 heterocycles. The van der Waals surface area contributed by atoms with Gasteiger partial charge in [-0.2, -0.15) is 0 Å². The van der Waals surface area contributed by atoms with Gasteiger partial charge in [-0.1, -0.05) is 42.0 Å². The summed E-state index contributed by atoms with van der Waals surface area (Å²) in [5, 5.41) is 20.3. The van der Waals surface area contributed by atoms with Gasteiger partial charge in [0, 0.05) is 23.0 Å². The molecule has 0 aliphatic carbocycles. The quantitative estimate of drug-likeness (QED) is 0.545. The SMILES string of the molecule is Cc1ccc(S(=O)(=O)N(CC(=O)O)c2ccc(N3CCC[C@H]3C(=O)O)c3ccccc23)cc1. The number of benzene rings is 3. The molecule has 2 N–H and O–H groups in total. The molecule has 0 unspecified atom stereocenters. The van der Waals surface area contributed by atoms with Crippen molar-refractivity contribution < 1.29 is 28.2 Å². The normalized spacial score (nSPS) is 16.2. The number of carbonyl (C=O) groups is 2. The molecule has 33 heavy (non-hydrogen) atoms. The first-order valence-corrected chi connectivity index (χ1v) is 12.0. The molecule has 9 heteroatoms. The maximum absolute atomic E-state index is 13.5.